The van der Waals surface area contributed by atoms with E-state index in [4.69, 9.17) is 11.5 Å². The van der Waals surface area contributed by atoms with E-state index < -0.39 is 66.3 Å². The quantitative estimate of drug-likeness (QED) is 0.207. The van der Waals surface area contributed by atoms with Gasteiger partial charge >= 0.3 is 5.97 Å². The number of rotatable bonds is 11. The lowest BCUT2D eigenvalue weighted by Crippen LogP contribution is -2.58. The molecule has 4 amide bonds. The summed E-state index contributed by atoms with van der Waals surface area (Å²) in [5.41, 5.74) is 11.5. The van der Waals surface area contributed by atoms with Crippen LogP contribution in [0.25, 0.3) is 0 Å². The van der Waals surface area contributed by atoms with Crippen LogP contribution in [0.2, 0.25) is 0 Å². The number of aliphatic carboxylic acids is 1. The predicted octanol–water partition coefficient (Wildman–Crippen LogP) is -2.14. The summed E-state index contributed by atoms with van der Waals surface area (Å²) >= 11 is 0. The van der Waals surface area contributed by atoms with Crippen molar-refractivity contribution < 1.29 is 34.2 Å². The SMILES string of the molecule is C[C@@H](O)[C@H](N)C(=O)N[C@@H](Cc1ccccc1)C(=O)N1CCC[C@H]1C(=O)N[C@@H](CC(N)=O)C(=O)O. The lowest BCUT2D eigenvalue weighted by Gasteiger charge is -2.30. The number of benzene rings is 1. The van der Waals surface area contributed by atoms with Crippen molar-refractivity contribution in [1.29, 1.82) is 0 Å². The van der Waals surface area contributed by atoms with Gasteiger partial charge in [-0.05, 0) is 25.3 Å². The number of likely N-dealkylation sites (tertiary alicyclic amines) is 1. The minimum Gasteiger partial charge on any atom is -0.480 e. The largest absolute Gasteiger partial charge is 0.480 e. The van der Waals surface area contributed by atoms with Gasteiger partial charge in [0.15, 0.2) is 0 Å². The van der Waals surface area contributed by atoms with Gasteiger partial charge in [0.1, 0.15) is 24.2 Å². The molecule has 5 atom stereocenters. The Morgan fingerprint density at radius 2 is 1.76 bits per heavy atom. The fourth-order valence-corrected chi connectivity index (χ4v) is 3.71. The average Bonchev–Trinajstić information content (AvgIpc) is 3.27. The maximum atomic E-state index is 13.4. The summed E-state index contributed by atoms with van der Waals surface area (Å²) < 4.78 is 0. The number of aliphatic hydroxyl groups excluding tert-OH is 1. The highest BCUT2D eigenvalue weighted by molar-refractivity contribution is 5.95. The van der Waals surface area contributed by atoms with Gasteiger partial charge in [-0.1, -0.05) is 30.3 Å². The van der Waals surface area contributed by atoms with E-state index in [2.05, 4.69) is 10.6 Å². The summed E-state index contributed by atoms with van der Waals surface area (Å²) in [5, 5.41) is 23.7. The Kier molecular flexibility index (Phi) is 9.51. The number of carbonyl (C=O) groups excluding carboxylic acids is 4. The summed E-state index contributed by atoms with van der Waals surface area (Å²) in [4.78, 5) is 62.5. The Morgan fingerprint density at radius 3 is 2.32 bits per heavy atom. The van der Waals surface area contributed by atoms with Crippen LogP contribution in [-0.2, 0) is 30.4 Å². The van der Waals surface area contributed by atoms with Gasteiger partial charge in [-0.15, -0.1) is 0 Å². The molecule has 0 spiro atoms. The van der Waals surface area contributed by atoms with Crippen molar-refractivity contribution in [1.82, 2.24) is 15.5 Å². The molecule has 1 aliphatic rings. The zero-order valence-corrected chi connectivity index (χ0v) is 18.8. The van der Waals surface area contributed by atoms with Gasteiger partial charge in [0.2, 0.25) is 23.6 Å². The van der Waals surface area contributed by atoms with Crippen molar-refractivity contribution >= 4 is 29.6 Å². The molecule has 1 fully saturated rings. The zero-order valence-electron chi connectivity index (χ0n) is 18.8. The van der Waals surface area contributed by atoms with Gasteiger partial charge in [0.25, 0.3) is 0 Å². The zero-order chi connectivity index (χ0) is 25.4. The van der Waals surface area contributed by atoms with Crippen LogP contribution in [0.5, 0.6) is 0 Å². The molecule has 2 rings (SSSR count). The molecule has 12 nitrogen and oxygen atoms in total. The van der Waals surface area contributed by atoms with Crippen LogP contribution in [0.3, 0.4) is 0 Å². The minimum atomic E-state index is -1.52. The fraction of sp³-hybridized carbons (Fsp3) is 0.500. The standard InChI is InChI=1S/C22H31N5O7/c1-12(28)18(24)20(31)25-14(10-13-6-3-2-4-7-13)21(32)27-9-5-8-16(27)19(30)26-15(22(33)34)11-17(23)29/h2-4,6-7,12,14-16,18,28H,5,8-11,24H2,1H3,(H2,23,29)(H,25,31)(H,26,30)(H,33,34)/t12-,14+,15+,16+,18+/m1/s1. The molecule has 0 aromatic heterocycles. The first-order valence-electron chi connectivity index (χ1n) is 10.9. The number of aliphatic hydroxyl groups is 1. The van der Waals surface area contributed by atoms with E-state index in [-0.39, 0.29) is 19.4 Å². The van der Waals surface area contributed by atoms with Crippen LogP contribution in [0.15, 0.2) is 30.3 Å². The van der Waals surface area contributed by atoms with Crippen molar-refractivity contribution in [3.05, 3.63) is 35.9 Å². The number of nitrogens with two attached hydrogens (primary N) is 2. The van der Waals surface area contributed by atoms with Gasteiger partial charge in [-0.2, -0.15) is 0 Å². The highest BCUT2D eigenvalue weighted by Gasteiger charge is 2.39. The van der Waals surface area contributed by atoms with Crippen molar-refractivity contribution in [3.8, 4) is 0 Å². The van der Waals surface area contributed by atoms with Gasteiger partial charge in [-0.25, -0.2) is 4.79 Å². The van der Waals surface area contributed by atoms with E-state index >= 15 is 0 Å². The first-order chi connectivity index (χ1) is 16.0. The molecule has 8 N–H and O–H groups in total. The highest BCUT2D eigenvalue weighted by atomic mass is 16.4. The van der Waals surface area contributed by atoms with Gasteiger partial charge < -0.3 is 37.2 Å². The molecule has 0 saturated carbocycles. The third-order valence-electron chi connectivity index (χ3n) is 5.58. The molecule has 0 unspecified atom stereocenters. The number of primary amides is 1. The van der Waals surface area contributed by atoms with E-state index in [1.807, 2.05) is 0 Å². The monoisotopic (exact) mass is 477 g/mol. The normalized spacial score (nSPS) is 18.9. The molecule has 0 radical (unpaired) electrons. The predicted molar refractivity (Wildman–Crippen MR) is 120 cm³/mol. The first kappa shape index (κ1) is 26.7. The van der Waals surface area contributed by atoms with E-state index in [0.717, 1.165) is 5.56 Å². The maximum absolute atomic E-state index is 13.4. The second kappa shape index (κ2) is 12.1. The molecule has 1 aliphatic heterocycles. The topological polar surface area (TPSA) is 205 Å². The van der Waals surface area contributed by atoms with Crippen molar-refractivity contribution in [3.63, 3.8) is 0 Å². The molecule has 186 valence electrons. The smallest absolute Gasteiger partial charge is 0.326 e. The minimum absolute atomic E-state index is 0.113. The molecule has 1 aromatic rings. The van der Waals surface area contributed by atoms with Crippen LogP contribution in [0, 0.1) is 0 Å². The van der Waals surface area contributed by atoms with Gasteiger partial charge in [0.05, 0.1) is 12.5 Å². The number of carboxylic acids is 1. The summed E-state index contributed by atoms with van der Waals surface area (Å²) in [6, 6.07) is 4.06. The van der Waals surface area contributed by atoms with Crippen LogP contribution in [0.1, 0.15) is 31.7 Å². The average molecular weight is 478 g/mol. The van der Waals surface area contributed by atoms with Crippen molar-refractivity contribution in [2.45, 2.75) is 62.9 Å². The highest BCUT2D eigenvalue weighted by Crippen LogP contribution is 2.20. The molecule has 34 heavy (non-hydrogen) atoms. The van der Waals surface area contributed by atoms with Crippen LogP contribution < -0.4 is 22.1 Å². The fourth-order valence-electron chi connectivity index (χ4n) is 3.71. The lowest BCUT2D eigenvalue weighted by molar-refractivity contribution is -0.146. The Balaban J connectivity index is 2.22. The maximum Gasteiger partial charge on any atom is 0.326 e. The van der Waals surface area contributed by atoms with Crippen LogP contribution >= 0.6 is 0 Å². The van der Waals surface area contributed by atoms with Crippen LogP contribution in [0.4, 0.5) is 0 Å². The Hall–Kier alpha value is -3.51. The first-order valence-corrected chi connectivity index (χ1v) is 10.9. The third-order valence-corrected chi connectivity index (χ3v) is 5.58. The van der Waals surface area contributed by atoms with E-state index in [0.29, 0.717) is 6.42 Å². The van der Waals surface area contributed by atoms with E-state index in [1.54, 1.807) is 30.3 Å². The summed E-state index contributed by atoms with van der Waals surface area (Å²) in [7, 11) is 0. The molecule has 1 heterocycles. The van der Waals surface area contributed by atoms with Gasteiger partial charge in [0, 0.05) is 13.0 Å². The number of carbonyl (C=O) groups is 5. The molecule has 12 heteroatoms. The number of carboxylic acid groups (broad SMARTS) is 1. The van der Waals surface area contributed by atoms with Crippen molar-refractivity contribution in [2.75, 3.05) is 6.54 Å². The number of amides is 4. The summed E-state index contributed by atoms with van der Waals surface area (Å²) in [6.45, 7) is 1.57. The van der Waals surface area contributed by atoms with E-state index in [1.165, 1.54) is 11.8 Å². The molecule has 1 aromatic carbocycles. The number of hydrogen-bond acceptors (Lipinski definition) is 7. The Morgan fingerprint density at radius 1 is 1.12 bits per heavy atom. The van der Waals surface area contributed by atoms with E-state index in [9.17, 15) is 34.2 Å². The second-order valence-electron chi connectivity index (χ2n) is 8.28. The lowest BCUT2D eigenvalue weighted by atomic mass is 10.0. The molecule has 0 aliphatic carbocycles. The van der Waals surface area contributed by atoms with Gasteiger partial charge in [-0.3, -0.25) is 19.2 Å². The second-order valence-corrected chi connectivity index (χ2v) is 8.28. The molecule has 1 saturated heterocycles. The molecule has 0 bridgehead atoms. The summed E-state index contributed by atoms with van der Waals surface area (Å²) in [5.74, 6) is -4.33. The van der Waals surface area contributed by atoms with Crippen LogP contribution in [-0.4, -0.2) is 81.5 Å². The molecular formula is C22H31N5O7. The number of nitrogens with one attached hydrogen (secondary N) is 2. The molecular weight excluding hydrogens is 446 g/mol. The number of hydrogen-bond donors (Lipinski definition) is 6. The summed E-state index contributed by atoms with van der Waals surface area (Å²) in [6.07, 6.45) is -0.861. The Bertz CT molecular complexity index is 908. The van der Waals surface area contributed by atoms with Crippen molar-refractivity contribution in [2.24, 2.45) is 11.5 Å². The Labute approximate surface area is 196 Å². The number of nitrogens with zero attached hydrogens (tertiary/aromatic N) is 1. The third kappa shape index (κ3) is 7.25.